The Morgan fingerprint density at radius 1 is 1.15 bits per heavy atom. The van der Waals surface area contributed by atoms with Crippen molar-refractivity contribution < 1.29 is 19.0 Å². The van der Waals surface area contributed by atoms with E-state index >= 15 is 0 Å². The molecule has 0 radical (unpaired) electrons. The van der Waals surface area contributed by atoms with Crippen molar-refractivity contribution in [3.63, 3.8) is 0 Å². The molecule has 0 spiro atoms. The first-order chi connectivity index (χ1) is 15.9. The number of hydrogen-bond acceptors (Lipinski definition) is 9. The largest absolute Gasteiger partial charge is 0.497 e. The van der Waals surface area contributed by atoms with E-state index in [9.17, 15) is 4.79 Å². The molecule has 0 amide bonds. The van der Waals surface area contributed by atoms with E-state index in [2.05, 4.69) is 32.2 Å². The van der Waals surface area contributed by atoms with E-state index in [0.29, 0.717) is 53.7 Å². The average Bonchev–Trinajstić information content (AvgIpc) is 2.84. The zero-order chi connectivity index (χ0) is 23.8. The molecule has 2 heterocycles. The minimum atomic E-state index is -0.596. The fourth-order valence-electron chi connectivity index (χ4n) is 3.27. The summed E-state index contributed by atoms with van der Waals surface area (Å²) in [6, 6.07) is 8.64. The van der Waals surface area contributed by atoms with Crippen LogP contribution in [-0.2, 0) is 16.1 Å². The number of hydrogen-bond donors (Lipinski definition) is 2. The number of carbonyl (C=O) groups is 1. The lowest BCUT2D eigenvalue weighted by atomic mass is 10.1. The van der Waals surface area contributed by atoms with Gasteiger partial charge in [0.1, 0.15) is 23.1 Å². The van der Waals surface area contributed by atoms with Gasteiger partial charge in [0.25, 0.3) is 0 Å². The predicted molar refractivity (Wildman–Crippen MR) is 128 cm³/mol. The Morgan fingerprint density at radius 2 is 1.97 bits per heavy atom. The van der Waals surface area contributed by atoms with Gasteiger partial charge in [-0.05, 0) is 44.0 Å². The van der Waals surface area contributed by atoms with Gasteiger partial charge in [0.15, 0.2) is 5.82 Å². The predicted octanol–water partition coefficient (Wildman–Crippen LogP) is 3.96. The quantitative estimate of drug-likeness (QED) is 0.331. The molecule has 9 heteroatoms. The molecule has 33 heavy (non-hydrogen) atoms. The molecule has 1 unspecified atom stereocenters. The topological polar surface area (TPSA) is 107 Å². The number of anilines is 2. The van der Waals surface area contributed by atoms with Crippen LogP contribution in [0.3, 0.4) is 0 Å². The van der Waals surface area contributed by atoms with Crippen molar-refractivity contribution in [3.8, 4) is 11.5 Å². The molecule has 0 aliphatic rings. The van der Waals surface area contributed by atoms with Crippen molar-refractivity contribution in [1.29, 1.82) is 0 Å². The number of fused-ring (bicyclic) bond motifs is 1. The van der Waals surface area contributed by atoms with E-state index < -0.39 is 6.04 Å². The molecule has 0 fully saturated rings. The molecule has 0 aliphatic heterocycles. The van der Waals surface area contributed by atoms with Gasteiger partial charge in [-0.25, -0.2) is 9.78 Å². The average molecular weight is 452 g/mol. The maximum atomic E-state index is 12.4. The SMILES string of the molecule is C=C(C)CCC(Nc1nc(NCc2ccc(OC)cc2OC)nc2cccnc12)C(=O)OC. The fraction of sp³-hybridized carbons (Fsp3) is 0.333. The molecule has 0 bridgehead atoms. The number of aromatic nitrogens is 3. The summed E-state index contributed by atoms with van der Waals surface area (Å²) in [6.07, 6.45) is 2.85. The summed E-state index contributed by atoms with van der Waals surface area (Å²) >= 11 is 0. The van der Waals surface area contributed by atoms with Gasteiger partial charge in [-0.15, -0.1) is 6.58 Å². The molecule has 0 saturated carbocycles. The number of rotatable bonds is 11. The molecule has 3 rings (SSSR count). The van der Waals surface area contributed by atoms with Gasteiger partial charge in [-0.2, -0.15) is 4.98 Å². The Hall–Kier alpha value is -3.88. The number of esters is 1. The second-order valence-electron chi connectivity index (χ2n) is 7.51. The first kappa shape index (κ1) is 23.8. The first-order valence-corrected chi connectivity index (χ1v) is 10.5. The highest BCUT2D eigenvalue weighted by molar-refractivity contribution is 5.88. The molecule has 0 aliphatic carbocycles. The fourth-order valence-corrected chi connectivity index (χ4v) is 3.27. The van der Waals surface area contributed by atoms with Crippen LogP contribution in [0.2, 0.25) is 0 Å². The van der Waals surface area contributed by atoms with E-state index in [4.69, 9.17) is 14.2 Å². The van der Waals surface area contributed by atoms with Crippen LogP contribution in [0.1, 0.15) is 25.3 Å². The summed E-state index contributed by atoms with van der Waals surface area (Å²) in [6.45, 7) is 6.26. The van der Waals surface area contributed by atoms with Gasteiger partial charge in [-0.3, -0.25) is 4.98 Å². The third kappa shape index (κ3) is 6.09. The summed E-state index contributed by atoms with van der Waals surface area (Å²) in [7, 11) is 4.58. The lowest BCUT2D eigenvalue weighted by Crippen LogP contribution is -2.31. The van der Waals surface area contributed by atoms with Crippen LogP contribution in [0.4, 0.5) is 11.8 Å². The Balaban J connectivity index is 1.88. The van der Waals surface area contributed by atoms with Crippen molar-refractivity contribution in [2.75, 3.05) is 32.0 Å². The molecule has 1 aromatic carbocycles. The highest BCUT2D eigenvalue weighted by atomic mass is 16.5. The number of allylic oxidation sites excluding steroid dienone is 1. The molecule has 3 aromatic rings. The maximum absolute atomic E-state index is 12.4. The monoisotopic (exact) mass is 451 g/mol. The smallest absolute Gasteiger partial charge is 0.328 e. The molecule has 1 atom stereocenters. The van der Waals surface area contributed by atoms with Crippen molar-refractivity contribution in [2.45, 2.75) is 32.4 Å². The molecular weight excluding hydrogens is 422 g/mol. The summed E-state index contributed by atoms with van der Waals surface area (Å²) in [4.78, 5) is 25.9. The molecule has 2 aromatic heterocycles. The minimum absolute atomic E-state index is 0.378. The number of carbonyl (C=O) groups excluding carboxylic acids is 1. The zero-order valence-electron chi connectivity index (χ0n) is 19.3. The number of nitrogens with one attached hydrogen (secondary N) is 2. The van der Waals surface area contributed by atoms with Crippen LogP contribution in [0.25, 0.3) is 11.0 Å². The van der Waals surface area contributed by atoms with Gasteiger partial charge < -0.3 is 24.8 Å². The second-order valence-corrected chi connectivity index (χ2v) is 7.51. The van der Waals surface area contributed by atoms with Crippen molar-refractivity contribution in [2.24, 2.45) is 0 Å². The molecular formula is C24H29N5O4. The summed E-state index contributed by atoms with van der Waals surface area (Å²) in [5, 5.41) is 6.43. The first-order valence-electron chi connectivity index (χ1n) is 10.5. The summed E-state index contributed by atoms with van der Waals surface area (Å²) in [5.41, 5.74) is 3.10. The van der Waals surface area contributed by atoms with Gasteiger partial charge in [0.2, 0.25) is 5.95 Å². The zero-order valence-corrected chi connectivity index (χ0v) is 19.3. The number of methoxy groups -OCH3 is 3. The maximum Gasteiger partial charge on any atom is 0.328 e. The normalized spacial score (nSPS) is 11.5. The summed E-state index contributed by atoms with van der Waals surface area (Å²) < 4.78 is 15.7. The van der Waals surface area contributed by atoms with E-state index in [0.717, 1.165) is 11.1 Å². The highest BCUT2D eigenvalue weighted by Gasteiger charge is 2.21. The number of ether oxygens (including phenoxy) is 3. The van der Waals surface area contributed by atoms with Crippen molar-refractivity contribution in [1.82, 2.24) is 15.0 Å². The molecule has 174 valence electrons. The third-order valence-corrected chi connectivity index (χ3v) is 5.04. The highest BCUT2D eigenvalue weighted by Crippen LogP contribution is 2.26. The van der Waals surface area contributed by atoms with Crippen LogP contribution >= 0.6 is 0 Å². The van der Waals surface area contributed by atoms with Crippen molar-refractivity contribution in [3.05, 3.63) is 54.2 Å². The standard InChI is InChI=1S/C24H29N5O4/c1-15(2)8-11-19(23(30)33-5)27-22-21-18(7-6-12-25-21)28-24(29-22)26-14-16-9-10-17(31-3)13-20(16)32-4/h6-7,9-10,12-13,19H,1,8,11,14H2,2-5H3,(H2,26,27,28,29). The van der Waals surface area contributed by atoms with Gasteiger partial charge >= 0.3 is 5.97 Å². The van der Waals surface area contributed by atoms with Gasteiger partial charge in [0, 0.05) is 24.4 Å². The van der Waals surface area contributed by atoms with Crippen LogP contribution in [0.5, 0.6) is 11.5 Å². The molecule has 2 N–H and O–H groups in total. The molecule has 0 saturated heterocycles. The van der Waals surface area contributed by atoms with Crippen LogP contribution in [-0.4, -0.2) is 48.3 Å². The number of nitrogens with zero attached hydrogens (tertiary/aromatic N) is 3. The lowest BCUT2D eigenvalue weighted by Gasteiger charge is -2.18. The lowest BCUT2D eigenvalue weighted by molar-refractivity contribution is -0.141. The van der Waals surface area contributed by atoms with Crippen LogP contribution < -0.4 is 20.1 Å². The minimum Gasteiger partial charge on any atom is -0.497 e. The van der Waals surface area contributed by atoms with Crippen LogP contribution in [0.15, 0.2) is 48.7 Å². The van der Waals surface area contributed by atoms with E-state index in [1.165, 1.54) is 7.11 Å². The van der Waals surface area contributed by atoms with Crippen molar-refractivity contribution >= 4 is 28.8 Å². The summed E-state index contributed by atoms with van der Waals surface area (Å²) in [5.74, 6) is 1.85. The molecule has 9 nitrogen and oxygen atoms in total. The Kier molecular flexibility index (Phi) is 8.01. The Morgan fingerprint density at radius 3 is 2.67 bits per heavy atom. The van der Waals surface area contributed by atoms with E-state index in [1.54, 1.807) is 26.5 Å². The Labute approximate surface area is 193 Å². The van der Waals surface area contributed by atoms with Gasteiger partial charge in [0.05, 0.1) is 26.8 Å². The number of pyridine rings is 1. The Bertz CT molecular complexity index is 1140. The second kappa shape index (κ2) is 11.1. The van der Waals surface area contributed by atoms with E-state index in [-0.39, 0.29) is 5.97 Å². The third-order valence-electron chi connectivity index (χ3n) is 5.04. The van der Waals surface area contributed by atoms with Gasteiger partial charge in [-0.1, -0.05) is 5.57 Å². The number of benzene rings is 1. The van der Waals surface area contributed by atoms with Crippen LogP contribution in [0, 0.1) is 0 Å². The van der Waals surface area contributed by atoms with E-state index in [1.807, 2.05) is 31.2 Å².